The van der Waals surface area contributed by atoms with Crippen LogP contribution in [0.25, 0.3) is 0 Å². The monoisotopic (exact) mass is 269 g/mol. The summed E-state index contributed by atoms with van der Waals surface area (Å²) in [5.41, 5.74) is 4.33. The summed E-state index contributed by atoms with van der Waals surface area (Å²) in [5.74, 6) is 1.52. The number of rotatable bonds is 4. The normalized spacial score (nSPS) is 10.8. The predicted molar refractivity (Wildman–Crippen MR) is 82.7 cm³/mol. The van der Waals surface area contributed by atoms with E-state index in [-0.39, 0.29) is 0 Å². The maximum absolute atomic E-state index is 5.36. The minimum Gasteiger partial charge on any atom is -0.497 e. The number of methoxy groups -OCH3 is 2. The summed E-state index contributed by atoms with van der Waals surface area (Å²) in [6, 6.07) is 11.8. The third-order valence-corrected chi connectivity index (χ3v) is 3.36. The van der Waals surface area contributed by atoms with Gasteiger partial charge in [-0.15, -0.1) is 0 Å². The van der Waals surface area contributed by atoms with Gasteiger partial charge in [0.1, 0.15) is 11.5 Å². The Kier molecular flexibility index (Phi) is 4.41. The van der Waals surface area contributed by atoms with Crippen molar-refractivity contribution >= 4 is 11.9 Å². The fraction of sp³-hybridized carbons (Fsp3) is 0.235. The van der Waals surface area contributed by atoms with Crippen LogP contribution in [0.5, 0.6) is 11.5 Å². The van der Waals surface area contributed by atoms with E-state index >= 15 is 0 Å². The van der Waals surface area contributed by atoms with E-state index in [9.17, 15) is 0 Å². The summed E-state index contributed by atoms with van der Waals surface area (Å²) in [6.07, 6.45) is 1.82. The van der Waals surface area contributed by atoms with Crippen molar-refractivity contribution in [1.82, 2.24) is 0 Å². The van der Waals surface area contributed by atoms with Gasteiger partial charge in [0.2, 0.25) is 0 Å². The van der Waals surface area contributed by atoms with Gasteiger partial charge >= 0.3 is 0 Å². The molecule has 2 aromatic carbocycles. The number of benzene rings is 2. The lowest BCUT2D eigenvalue weighted by molar-refractivity contribution is 0.394. The fourth-order valence-corrected chi connectivity index (χ4v) is 1.94. The molecule has 20 heavy (non-hydrogen) atoms. The molecule has 0 aliphatic heterocycles. The van der Waals surface area contributed by atoms with E-state index in [2.05, 4.69) is 24.9 Å². The quantitative estimate of drug-likeness (QED) is 0.783. The largest absolute Gasteiger partial charge is 0.497 e. The van der Waals surface area contributed by atoms with Gasteiger partial charge in [0.15, 0.2) is 0 Å². The summed E-state index contributed by atoms with van der Waals surface area (Å²) in [5, 5.41) is 0. The Labute approximate surface area is 119 Å². The molecule has 0 heterocycles. The second-order valence-electron chi connectivity index (χ2n) is 4.59. The number of aliphatic imine (C=N–C) groups is 1. The molecular weight excluding hydrogens is 250 g/mol. The van der Waals surface area contributed by atoms with Crippen LogP contribution in [0.1, 0.15) is 16.7 Å². The first-order valence-corrected chi connectivity index (χ1v) is 6.48. The molecule has 3 nitrogen and oxygen atoms in total. The highest BCUT2D eigenvalue weighted by atomic mass is 16.5. The summed E-state index contributed by atoms with van der Waals surface area (Å²) < 4.78 is 10.5. The van der Waals surface area contributed by atoms with Gasteiger partial charge in [0, 0.05) is 17.8 Å². The lowest BCUT2D eigenvalue weighted by Crippen LogP contribution is -1.92. The molecule has 2 aromatic rings. The molecule has 104 valence electrons. The van der Waals surface area contributed by atoms with E-state index in [1.807, 2.05) is 36.5 Å². The molecule has 0 atom stereocenters. The maximum Gasteiger partial charge on any atom is 0.131 e. The number of aryl methyl sites for hydroxylation is 1. The van der Waals surface area contributed by atoms with Crippen LogP contribution in [0.2, 0.25) is 0 Å². The fourth-order valence-electron chi connectivity index (χ4n) is 1.94. The first-order chi connectivity index (χ1) is 9.65. The molecule has 0 saturated carbocycles. The molecule has 0 radical (unpaired) electrons. The third kappa shape index (κ3) is 2.99. The van der Waals surface area contributed by atoms with Gasteiger partial charge in [-0.05, 0) is 43.2 Å². The Morgan fingerprint density at radius 2 is 1.80 bits per heavy atom. The number of hydrogen-bond donors (Lipinski definition) is 0. The summed E-state index contributed by atoms with van der Waals surface area (Å²) in [7, 11) is 3.28. The van der Waals surface area contributed by atoms with Crippen molar-refractivity contribution in [1.29, 1.82) is 0 Å². The summed E-state index contributed by atoms with van der Waals surface area (Å²) in [4.78, 5) is 4.56. The molecule has 0 N–H and O–H groups in total. The SMILES string of the molecule is COc1ccc(C=Nc2cccc(C)c2C)c(OC)c1. The standard InChI is InChI=1S/C17H19NO2/c1-12-6-5-7-16(13(12)2)18-11-14-8-9-15(19-3)10-17(14)20-4/h5-11H,1-4H3. The van der Waals surface area contributed by atoms with Crippen LogP contribution >= 0.6 is 0 Å². The zero-order chi connectivity index (χ0) is 14.5. The highest BCUT2D eigenvalue weighted by Gasteiger charge is 2.03. The molecule has 0 spiro atoms. The van der Waals surface area contributed by atoms with E-state index in [1.54, 1.807) is 14.2 Å². The molecule has 0 bridgehead atoms. The van der Waals surface area contributed by atoms with Gasteiger partial charge in [-0.25, -0.2) is 0 Å². The molecule has 3 heteroatoms. The average Bonchev–Trinajstić information content (AvgIpc) is 2.48. The second-order valence-corrected chi connectivity index (χ2v) is 4.59. The zero-order valence-electron chi connectivity index (χ0n) is 12.3. The van der Waals surface area contributed by atoms with Crippen molar-refractivity contribution in [2.75, 3.05) is 14.2 Å². The van der Waals surface area contributed by atoms with Crippen molar-refractivity contribution in [3.63, 3.8) is 0 Å². The predicted octanol–water partition coefficient (Wildman–Crippen LogP) is 4.07. The lowest BCUT2D eigenvalue weighted by Gasteiger charge is -2.07. The van der Waals surface area contributed by atoms with Crippen molar-refractivity contribution in [2.45, 2.75) is 13.8 Å². The van der Waals surface area contributed by atoms with Crippen LogP contribution in [0, 0.1) is 13.8 Å². The molecule has 0 amide bonds. The Morgan fingerprint density at radius 3 is 2.50 bits per heavy atom. The van der Waals surface area contributed by atoms with Crippen LogP contribution in [0.4, 0.5) is 5.69 Å². The molecule has 0 unspecified atom stereocenters. The van der Waals surface area contributed by atoms with Crippen LogP contribution in [-0.4, -0.2) is 20.4 Å². The van der Waals surface area contributed by atoms with Gasteiger partial charge in [0.05, 0.1) is 19.9 Å². The number of nitrogens with zero attached hydrogens (tertiary/aromatic N) is 1. The molecular formula is C17H19NO2. The van der Waals surface area contributed by atoms with Crippen molar-refractivity contribution in [2.24, 2.45) is 4.99 Å². The Hall–Kier alpha value is -2.29. The first-order valence-electron chi connectivity index (χ1n) is 6.48. The minimum atomic E-state index is 0.749. The van der Waals surface area contributed by atoms with Gasteiger partial charge in [-0.3, -0.25) is 4.99 Å². The number of hydrogen-bond acceptors (Lipinski definition) is 3. The smallest absolute Gasteiger partial charge is 0.131 e. The van der Waals surface area contributed by atoms with Gasteiger partial charge < -0.3 is 9.47 Å². The third-order valence-electron chi connectivity index (χ3n) is 3.36. The van der Waals surface area contributed by atoms with E-state index in [0.717, 1.165) is 22.7 Å². The zero-order valence-corrected chi connectivity index (χ0v) is 12.3. The summed E-state index contributed by atoms with van der Waals surface area (Å²) >= 11 is 0. The first kappa shape index (κ1) is 14.1. The second kappa shape index (κ2) is 6.24. The highest BCUT2D eigenvalue weighted by Crippen LogP contribution is 2.25. The van der Waals surface area contributed by atoms with E-state index in [0.29, 0.717) is 0 Å². The Balaban J connectivity index is 2.34. The molecule has 0 aromatic heterocycles. The topological polar surface area (TPSA) is 30.8 Å². The van der Waals surface area contributed by atoms with Crippen LogP contribution in [-0.2, 0) is 0 Å². The average molecular weight is 269 g/mol. The van der Waals surface area contributed by atoms with Crippen molar-refractivity contribution < 1.29 is 9.47 Å². The van der Waals surface area contributed by atoms with Crippen molar-refractivity contribution in [3.8, 4) is 11.5 Å². The van der Waals surface area contributed by atoms with Crippen LogP contribution in [0.15, 0.2) is 41.4 Å². The highest BCUT2D eigenvalue weighted by molar-refractivity contribution is 5.86. The van der Waals surface area contributed by atoms with Gasteiger partial charge in [-0.2, -0.15) is 0 Å². The summed E-state index contributed by atoms with van der Waals surface area (Å²) in [6.45, 7) is 4.16. The molecule has 2 rings (SSSR count). The molecule has 0 aliphatic rings. The van der Waals surface area contributed by atoms with E-state index in [1.165, 1.54) is 11.1 Å². The van der Waals surface area contributed by atoms with Gasteiger partial charge in [-0.1, -0.05) is 12.1 Å². The van der Waals surface area contributed by atoms with Gasteiger partial charge in [0.25, 0.3) is 0 Å². The Morgan fingerprint density at radius 1 is 1.00 bits per heavy atom. The lowest BCUT2D eigenvalue weighted by atomic mass is 10.1. The number of ether oxygens (including phenoxy) is 2. The molecule has 0 saturated heterocycles. The van der Waals surface area contributed by atoms with E-state index in [4.69, 9.17) is 9.47 Å². The maximum atomic E-state index is 5.36. The molecule has 0 fully saturated rings. The van der Waals surface area contributed by atoms with Crippen LogP contribution in [0.3, 0.4) is 0 Å². The van der Waals surface area contributed by atoms with E-state index < -0.39 is 0 Å². The van der Waals surface area contributed by atoms with Crippen LogP contribution < -0.4 is 9.47 Å². The van der Waals surface area contributed by atoms with Crippen molar-refractivity contribution in [3.05, 3.63) is 53.1 Å². The molecule has 0 aliphatic carbocycles. The Bertz CT molecular complexity index is 633. The minimum absolute atomic E-state index is 0.749.